The Hall–Kier alpha value is -2.80. The van der Waals surface area contributed by atoms with Gasteiger partial charge in [-0.05, 0) is 40.7 Å². The van der Waals surface area contributed by atoms with Crippen molar-refractivity contribution in [2.45, 2.75) is 45.6 Å². The molecule has 0 aliphatic heterocycles. The van der Waals surface area contributed by atoms with Crippen molar-refractivity contribution in [3.63, 3.8) is 0 Å². The van der Waals surface area contributed by atoms with Crippen molar-refractivity contribution in [1.29, 1.82) is 0 Å². The number of hydrogen-bond acceptors (Lipinski definition) is 3. The van der Waals surface area contributed by atoms with Crippen LogP contribution in [-0.4, -0.2) is 24.9 Å². The number of H-pyrrole nitrogens is 1. The standard InChI is InChI=1S/C28H30ClFN2O2Si/c1-19-23(32-27(33)22-18-31-26(29)25(30)24(19)22)16-11-17-34-35(28(2,3)4,20-12-7-5-8-13-20)21-14-9-6-10-15-21/h5-10,12-15,18H,11,16-17H2,1-4H3,(H,32,33). The molecule has 4 nitrogen and oxygen atoms in total. The van der Waals surface area contributed by atoms with Gasteiger partial charge in [0.25, 0.3) is 13.9 Å². The molecular weight excluding hydrogens is 479 g/mol. The van der Waals surface area contributed by atoms with Crippen LogP contribution in [0.1, 0.15) is 38.4 Å². The minimum Gasteiger partial charge on any atom is -0.407 e. The summed E-state index contributed by atoms with van der Waals surface area (Å²) in [6.45, 7) is 9.03. The molecule has 4 rings (SSSR count). The van der Waals surface area contributed by atoms with E-state index in [9.17, 15) is 9.18 Å². The zero-order valence-electron chi connectivity index (χ0n) is 20.5. The maximum Gasteiger partial charge on any atom is 0.261 e. The molecule has 7 heteroatoms. The number of fused-ring (bicyclic) bond motifs is 1. The smallest absolute Gasteiger partial charge is 0.261 e. The quantitative estimate of drug-likeness (QED) is 0.203. The summed E-state index contributed by atoms with van der Waals surface area (Å²) in [5.74, 6) is -0.655. The zero-order chi connectivity index (χ0) is 25.2. The number of hydrogen-bond donors (Lipinski definition) is 1. The molecule has 0 bridgehead atoms. The van der Waals surface area contributed by atoms with Crippen LogP contribution in [0.4, 0.5) is 4.39 Å². The van der Waals surface area contributed by atoms with Crippen LogP contribution in [0.25, 0.3) is 10.8 Å². The Morgan fingerprint density at radius 1 is 1.03 bits per heavy atom. The molecule has 2 aromatic carbocycles. The van der Waals surface area contributed by atoms with Gasteiger partial charge in [-0.15, -0.1) is 0 Å². The fourth-order valence-electron chi connectivity index (χ4n) is 4.94. The Bertz CT molecular complexity index is 1350. The highest BCUT2D eigenvalue weighted by molar-refractivity contribution is 6.99. The average molecular weight is 509 g/mol. The van der Waals surface area contributed by atoms with E-state index >= 15 is 0 Å². The maximum atomic E-state index is 14.7. The fourth-order valence-corrected chi connectivity index (χ4v) is 9.69. The largest absolute Gasteiger partial charge is 0.407 e. The first-order valence-corrected chi connectivity index (χ1v) is 14.1. The third-order valence-electron chi connectivity index (χ3n) is 6.62. The summed E-state index contributed by atoms with van der Waals surface area (Å²) in [7, 11) is -2.63. The van der Waals surface area contributed by atoms with Crippen molar-refractivity contribution in [3.05, 3.63) is 99.4 Å². The maximum absolute atomic E-state index is 14.7. The zero-order valence-corrected chi connectivity index (χ0v) is 22.2. The Labute approximate surface area is 211 Å². The number of benzene rings is 2. The van der Waals surface area contributed by atoms with Crippen molar-refractivity contribution >= 4 is 41.1 Å². The number of aryl methyl sites for hydroxylation is 2. The molecule has 0 unspecified atom stereocenters. The summed E-state index contributed by atoms with van der Waals surface area (Å²) in [6, 6.07) is 20.9. The highest BCUT2D eigenvalue weighted by Gasteiger charge is 2.49. The van der Waals surface area contributed by atoms with Crippen molar-refractivity contribution in [2.24, 2.45) is 0 Å². The number of rotatable bonds is 7. The Kier molecular flexibility index (Phi) is 7.26. The van der Waals surface area contributed by atoms with Crippen LogP contribution in [-0.2, 0) is 10.8 Å². The molecule has 0 saturated heterocycles. The molecule has 1 N–H and O–H groups in total. The molecular formula is C28H30ClFN2O2Si. The monoisotopic (exact) mass is 508 g/mol. The number of halogens is 2. The molecule has 4 aromatic rings. The molecule has 0 atom stereocenters. The third-order valence-corrected chi connectivity index (χ3v) is 11.9. The topological polar surface area (TPSA) is 55.0 Å². The second-order valence-corrected chi connectivity index (χ2v) is 14.5. The van der Waals surface area contributed by atoms with E-state index in [0.717, 1.165) is 0 Å². The van der Waals surface area contributed by atoms with Gasteiger partial charge in [0, 0.05) is 23.9 Å². The van der Waals surface area contributed by atoms with E-state index in [1.807, 2.05) is 12.1 Å². The molecule has 0 amide bonds. The van der Waals surface area contributed by atoms with Gasteiger partial charge in [0.1, 0.15) is 0 Å². The van der Waals surface area contributed by atoms with Crippen LogP contribution in [0, 0.1) is 12.7 Å². The Balaban J connectivity index is 1.64. The number of pyridine rings is 2. The van der Waals surface area contributed by atoms with Gasteiger partial charge >= 0.3 is 0 Å². The SMILES string of the molecule is Cc1c(CCCO[Si](c2ccccc2)(c2ccccc2)C(C)(C)C)[nH]c(=O)c2cnc(Cl)c(F)c12. The summed E-state index contributed by atoms with van der Waals surface area (Å²) in [4.78, 5) is 19.3. The second kappa shape index (κ2) is 10.1. The number of nitrogens with one attached hydrogen (secondary N) is 1. The number of nitrogens with zero attached hydrogens (tertiary/aromatic N) is 1. The lowest BCUT2D eigenvalue weighted by atomic mass is 10.0. The van der Waals surface area contributed by atoms with Crippen LogP contribution < -0.4 is 15.9 Å². The minimum atomic E-state index is -2.63. The lowest BCUT2D eigenvalue weighted by Gasteiger charge is -2.43. The average Bonchev–Trinajstić information content (AvgIpc) is 2.84. The van der Waals surface area contributed by atoms with Crippen LogP contribution in [0.15, 0.2) is 71.7 Å². The van der Waals surface area contributed by atoms with E-state index in [4.69, 9.17) is 16.0 Å². The van der Waals surface area contributed by atoms with Crippen LogP contribution in [0.5, 0.6) is 0 Å². The molecule has 2 aromatic heterocycles. The van der Waals surface area contributed by atoms with Gasteiger partial charge in [-0.3, -0.25) is 4.79 Å². The summed E-state index contributed by atoms with van der Waals surface area (Å²) in [5.41, 5.74) is 0.998. The minimum absolute atomic E-state index is 0.115. The Morgan fingerprint density at radius 2 is 1.60 bits per heavy atom. The van der Waals surface area contributed by atoms with Gasteiger partial charge in [0.2, 0.25) is 0 Å². The second-order valence-electron chi connectivity index (χ2n) is 9.82. The molecule has 0 spiro atoms. The van der Waals surface area contributed by atoms with E-state index in [2.05, 4.69) is 79.3 Å². The van der Waals surface area contributed by atoms with Gasteiger partial charge < -0.3 is 9.41 Å². The fraction of sp³-hybridized carbons (Fsp3) is 0.286. The van der Waals surface area contributed by atoms with Crippen LogP contribution >= 0.6 is 11.6 Å². The molecule has 0 aliphatic rings. The van der Waals surface area contributed by atoms with Gasteiger partial charge in [-0.25, -0.2) is 9.37 Å². The predicted octanol–water partition coefficient (Wildman–Crippen LogP) is 5.53. The van der Waals surface area contributed by atoms with E-state index < -0.39 is 14.1 Å². The summed E-state index contributed by atoms with van der Waals surface area (Å²) in [6.07, 6.45) is 2.55. The number of aromatic amines is 1. The molecule has 0 radical (unpaired) electrons. The normalized spacial score (nSPS) is 12.3. The van der Waals surface area contributed by atoms with E-state index in [-0.39, 0.29) is 26.5 Å². The summed E-state index contributed by atoms with van der Waals surface area (Å²) >= 11 is 5.89. The van der Waals surface area contributed by atoms with Crippen LogP contribution in [0.2, 0.25) is 10.2 Å². The molecule has 182 valence electrons. The summed E-state index contributed by atoms with van der Waals surface area (Å²) < 4.78 is 21.6. The third kappa shape index (κ3) is 4.70. The van der Waals surface area contributed by atoms with Crippen molar-refractivity contribution in [1.82, 2.24) is 9.97 Å². The van der Waals surface area contributed by atoms with Crippen molar-refractivity contribution in [2.75, 3.05) is 6.61 Å². The lowest BCUT2D eigenvalue weighted by Crippen LogP contribution is -2.66. The van der Waals surface area contributed by atoms with Crippen LogP contribution in [0.3, 0.4) is 0 Å². The van der Waals surface area contributed by atoms with E-state index in [1.54, 1.807) is 6.92 Å². The molecule has 2 heterocycles. The first-order chi connectivity index (χ1) is 16.7. The number of aromatic nitrogens is 2. The Morgan fingerprint density at radius 3 is 2.14 bits per heavy atom. The van der Waals surface area contributed by atoms with Crippen molar-refractivity contribution < 1.29 is 8.82 Å². The van der Waals surface area contributed by atoms with Crippen molar-refractivity contribution in [3.8, 4) is 0 Å². The van der Waals surface area contributed by atoms with E-state index in [1.165, 1.54) is 16.6 Å². The summed E-state index contributed by atoms with van der Waals surface area (Å²) in [5, 5.41) is 2.53. The lowest BCUT2D eigenvalue weighted by molar-refractivity contribution is 0.291. The highest BCUT2D eigenvalue weighted by Crippen LogP contribution is 2.37. The van der Waals surface area contributed by atoms with Gasteiger partial charge in [-0.1, -0.05) is 93.0 Å². The highest BCUT2D eigenvalue weighted by atomic mass is 35.5. The van der Waals surface area contributed by atoms with E-state index in [0.29, 0.717) is 30.7 Å². The van der Waals surface area contributed by atoms with Gasteiger partial charge in [0.15, 0.2) is 11.0 Å². The molecule has 0 aliphatic carbocycles. The predicted molar refractivity (Wildman–Crippen MR) is 144 cm³/mol. The molecule has 0 fully saturated rings. The first-order valence-electron chi connectivity index (χ1n) is 11.8. The first kappa shape index (κ1) is 25.3. The van der Waals surface area contributed by atoms with Gasteiger partial charge in [0.05, 0.1) is 5.39 Å². The van der Waals surface area contributed by atoms with Gasteiger partial charge in [-0.2, -0.15) is 0 Å². The molecule has 35 heavy (non-hydrogen) atoms. The molecule has 0 saturated carbocycles.